The molecule has 2 amide bonds. The summed E-state index contributed by atoms with van der Waals surface area (Å²) >= 11 is 0. The molecule has 0 aliphatic carbocycles. The largest absolute Gasteiger partial charge is 0.508 e. The summed E-state index contributed by atoms with van der Waals surface area (Å²) in [5, 5.41) is 23.4. The first-order chi connectivity index (χ1) is 9.97. The van der Waals surface area contributed by atoms with Gasteiger partial charge in [-0.2, -0.15) is 0 Å². The van der Waals surface area contributed by atoms with Crippen LogP contribution in [0, 0.1) is 0 Å². The average Bonchev–Trinajstić information content (AvgIpc) is 2.94. The number of carbonyl (C=O) groups is 2. The molecule has 1 aromatic heterocycles. The van der Waals surface area contributed by atoms with Crippen LogP contribution < -0.4 is 10.6 Å². The number of urea groups is 1. The molecule has 7 heteroatoms. The maximum atomic E-state index is 11.9. The lowest BCUT2D eigenvalue weighted by Crippen LogP contribution is -2.31. The van der Waals surface area contributed by atoms with Gasteiger partial charge in [-0.25, -0.2) is 9.59 Å². The number of phenols is 1. The number of hydrogen-bond acceptors (Lipinski definition) is 4. The summed E-state index contributed by atoms with van der Waals surface area (Å²) in [5.74, 6) is -0.864. The van der Waals surface area contributed by atoms with Gasteiger partial charge in [0, 0.05) is 0 Å². The monoisotopic (exact) mass is 290 g/mol. The first kappa shape index (κ1) is 14.4. The van der Waals surface area contributed by atoms with E-state index in [9.17, 15) is 14.7 Å². The van der Waals surface area contributed by atoms with E-state index in [0.717, 1.165) is 6.07 Å². The van der Waals surface area contributed by atoms with Gasteiger partial charge in [0.15, 0.2) is 0 Å². The maximum Gasteiger partial charge on any atom is 0.337 e. The van der Waals surface area contributed by atoms with Crippen LogP contribution in [0.5, 0.6) is 5.75 Å². The summed E-state index contributed by atoms with van der Waals surface area (Å²) in [5.41, 5.74) is -0.111. The Labute approximate surface area is 120 Å². The fraction of sp³-hybridized carbons (Fsp3) is 0.143. The highest BCUT2D eigenvalue weighted by Crippen LogP contribution is 2.21. The molecule has 0 bridgehead atoms. The molecule has 1 unspecified atom stereocenters. The fourth-order valence-electron chi connectivity index (χ4n) is 1.78. The zero-order valence-corrected chi connectivity index (χ0v) is 11.2. The van der Waals surface area contributed by atoms with Gasteiger partial charge in [-0.3, -0.25) is 0 Å². The number of nitrogens with one attached hydrogen (secondary N) is 2. The van der Waals surface area contributed by atoms with Gasteiger partial charge >= 0.3 is 12.0 Å². The molecular formula is C14H14N2O5. The van der Waals surface area contributed by atoms with E-state index in [4.69, 9.17) is 9.52 Å². The van der Waals surface area contributed by atoms with Crippen LogP contribution in [0.1, 0.15) is 29.1 Å². The maximum absolute atomic E-state index is 11.9. The van der Waals surface area contributed by atoms with Gasteiger partial charge in [-0.05, 0) is 37.3 Å². The number of furan rings is 1. The summed E-state index contributed by atoms with van der Waals surface area (Å²) in [4.78, 5) is 22.9. The number of rotatable bonds is 4. The third kappa shape index (κ3) is 3.53. The molecule has 4 N–H and O–H groups in total. The molecule has 2 rings (SSSR count). The second kappa shape index (κ2) is 6.00. The molecule has 0 saturated heterocycles. The van der Waals surface area contributed by atoms with E-state index >= 15 is 0 Å². The Morgan fingerprint density at radius 1 is 1.29 bits per heavy atom. The van der Waals surface area contributed by atoms with Crippen LogP contribution in [0.4, 0.5) is 10.5 Å². The highest BCUT2D eigenvalue weighted by molar-refractivity contribution is 6.00. The van der Waals surface area contributed by atoms with E-state index in [-0.39, 0.29) is 23.0 Å². The van der Waals surface area contributed by atoms with Gasteiger partial charge in [0.25, 0.3) is 0 Å². The minimum atomic E-state index is -1.25. The number of phenolic OH excluding ortho intramolecular Hbond substituents is 1. The molecule has 1 heterocycles. The van der Waals surface area contributed by atoms with E-state index in [2.05, 4.69) is 10.6 Å². The molecule has 1 atom stereocenters. The van der Waals surface area contributed by atoms with E-state index < -0.39 is 12.0 Å². The van der Waals surface area contributed by atoms with Crippen molar-refractivity contribution < 1.29 is 24.2 Å². The van der Waals surface area contributed by atoms with Crippen molar-refractivity contribution in [3.63, 3.8) is 0 Å². The molecule has 7 nitrogen and oxygen atoms in total. The van der Waals surface area contributed by atoms with Crippen molar-refractivity contribution in [1.82, 2.24) is 5.32 Å². The summed E-state index contributed by atoms with van der Waals surface area (Å²) in [7, 11) is 0. The summed E-state index contributed by atoms with van der Waals surface area (Å²) in [6.07, 6.45) is 1.49. The molecule has 21 heavy (non-hydrogen) atoms. The van der Waals surface area contributed by atoms with Gasteiger partial charge in [0.1, 0.15) is 11.5 Å². The summed E-state index contributed by atoms with van der Waals surface area (Å²) in [6.45, 7) is 1.73. The predicted molar refractivity (Wildman–Crippen MR) is 74.3 cm³/mol. The van der Waals surface area contributed by atoms with Crippen LogP contribution >= 0.6 is 0 Å². The third-order valence-electron chi connectivity index (χ3n) is 2.80. The lowest BCUT2D eigenvalue weighted by Gasteiger charge is -2.13. The van der Waals surface area contributed by atoms with Crippen molar-refractivity contribution in [3.05, 3.63) is 47.9 Å². The first-order valence-electron chi connectivity index (χ1n) is 6.14. The molecule has 0 saturated carbocycles. The molecule has 2 aromatic rings. The SMILES string of the molecule is CC(NC(=O)Nc1ccc(O)cc1C(=O)O)c1ccco1. The zero-order valence-electron chi connectivity index (χ0n) is 11.2. The van der Waals surface area contributed by atoms with Crippen molar-refractivity contribution in [2.75, 3.05) is 5.32 Å². The molecule has 0 fully saturated rings. The Morgan fingerprint density at radius 2 is 2.05 bits per heavy atom. The zero-order chi connectivity index (χ0) is 15.4. The van der Waals surface area contributed by atoms with Crippen molar-refractivity contribution in [3.8, 4) is 5.75 Å². The number of carboxylic acid groups (broad SMARTS) is 1. The van der Waals surface area contributed by atoms with Crippen molar-refractivity contribution >= 4 is 17.7 Å². The molecule has 110 valence electrons. The van der Waals surface area contributed by atoms with E-state index in [1.54, 1.807) is 19.1 Å². The summed E-state index contributed by atoms with van der Waals surface area (Å²) in [6, 6.07) is 6.14. The molecule has 0 aliphatic rings. The fourth-order valence-corrected chi connectivity index (χ4v) is 1.78. The van der Waals surface area contributed by atoms with Crippen LogP contribution in [0.15, 0.2) is 41.0 Å². The number of anilines is 1. The molecule has 0 spiro atoms. The standard InChI is InChI=1S/C14H14N2O5/c1-8(12-3-2-6-21-12)15-14(20)16-11-5-4-9(17)7-10(11)13(18)19/h2-8,17H,1H3,(H,18,19)(H2,15,16,20). The van der Waals surface area contributed by atoms with Gasteiger partial charge < -0.3 is 25.3 Å². The smallest absolute Gasteiger partial charge is 0.337 e. The van der Waals surface area contributed by atoms with Gasteiger partial charge in [0.2, 0.25) is 0 Å². The number of carbonyl (C=O) groups excluding carboxylic acids is 1. The van der Waals surface area contributed by atoms with Crippen LogP contribution in [0.25, 0.3) is 0 Å². The topological polar surface area (TPSA) is 112 Å². The first-order valence-corrected chi connectivity index (χ1v) is 6.14. The van der Waals surface area contributed by atoms with Crippen molar-refractivity contribution in [1.29, 1.82) is 0 Å². The second-order valence-corrected chi connectivity index (χ2v) is 4.37. The quantitative estimate of drug-likeness (QED) is 0.646. The molecule has 0 aliphatic heterocycles. The number of aromatic carboxylic acids is 1. The average molecular weight is 290 g/mol. The van der Waals surface area contributed by atoms with Crippen LogP contribution in [-0.2, 0) is 0 Å². The highest BCUT2D eigenvalue weighted by Gasteiger charge is 2.16. The Hall–Kier alpha value is -2.96. The minimum absolute atomic E-state index is 0.0874. The molecule has 0 radical (unpaired) electrons. The van der Waals surface area contributed by atoms with Gasteiger partial charge in [-0.15, -0.1) is 0 Å². The van der Waals surface area contributed by atoms with Gasteiger partial charge in [-0.1, -0.05) is 0 Å². The summed E-state index contributed by atoms with van der Waals surface area (Å²) < 4.78 is 5.15. The molecular weight excluding hydrogens is 276 g/mol. The predicted octanol–water partition coefficient (Wildman–Crippen LogP) is 2.57. The lowest BCUT2D eigenvalue weighted by atomic mass is 10.1. The lowest BCUT2D eigenvalue weighted by molar-refractivity contribution is 0.0697. The van der Waals surface area contributed by atoms with Gasteiger partial charge in [0.05, 0.1) is 23.6 Å². The Balaban J connectivity index is 2.08. The Bertz CT molecular complexity index is 651. The van der Waals surface area contributed by atoms with E-state index in [1.165, 1.54) is 18.4 Å². The minimum Gasteiger partial charge on any atom is -0.508 e. The number of aromatic hydroxyl groups is 1. The number of benzene rings is 1. The molecule has 1 aromatic carbocycles. The third-order valence-corrected chi connectivity index (χ3v) is 2.80. The van der Waals surface area contributed by atoms with Crippen molar-refractivity contribution in [2.45, 2.75) is 13.0 Å². The Kier molecular flexibility index (Phi) is 4.13. The number of carboxylic acids is 1. The normalized spacial score (nSPS) is 11.7. The van der Waals surface area contributed by atoms with Crippen LogP contribution in [0.3, 0.4) is 0 Å². The van der Waals surface area contributed by atoms with E-state index in [1.807, 2.05) is 0 Å². The van der Waals surface area contributed by atoms with E-state index in [0.29, 0.717) is 5.76 Å². The van der Waals surface area contributed by atoms with Crippen LogP contribution in [0.2, 0.25) is 0 Å². The van der Waals surface area contributed by atoms with Crippen molar-refractivity contribution in [2.24, 2.45) is 0 Å². The Morgan fingerprint density at radius 3 is 2.67 bits per heavy atom. The highest BCUT2D eigenvalue weighted by atomic mass is 16.4. The van der Waals surface area contributed by atoms with Crippen LogP contribution in [-0.4, -0.2) is 22.2 Å². The second-order valence-electron chi connectivity index (χ2n) is 4.37. The number of hydrogen-bond donors (Lipinski definition) is 4. The number of amides is 2.